The van der Waals surface area contributed by atoms with E-state index in [2.05, 4.69) is 30.2 Å². The van der Waals surface area contributed by atoms with Gasteiger partial charge in [-0.1, -0.05) is 11.6 Å². The molecule has 0 aliphatic carbocycles. The highest BCUT2D eigenvalue weighted by atomic mass is 35.5. The Morgan fingerprint density at radius 3 is 2.74 bits per heavy atom. The summed E-state index contributed by atoms with van der Waals surface area (Å²) in [7, 11) is 1.51. The fourth-order valence-corrected chi connectivity index (χ4v) is 3.74. The molecule has 1 aliphatic rings. The van der Waals surface area contributed by atoms with Crippen LogP contribution in [0.25, 0.3) is 10.9 Å². The molecule has 2 aromatic heterocycles. The zero-order valence-corrected chi connectivity index (χ0v) is 20.3. The molecule has 0 unspecified atom stereocenters. The van der Waals surface area contributed by atoms with E-state index in [0.29, 0.717) is 46.5 Å². The fraction of sp³-hybridized carbons (Fsp3) is 0.478. The summed E-state index contributed by atoms with van der Waals surface area (Å²) in [6.07, 6.45) is 3.77. The number of nitrogens with zero attached hydrogens (tertiary/aromatic N) is 5. The molecular weight excluding hydrogens is 460 g/mol. The molecule has 0 saturated carbocycles. The second-order valence-electron chi connectivity index (χ2n) is 8.04. The molecule has 1 fully saturated rings. The summed E-state index contributed by atoms with van der Waals surface area (Å²) in [5.41, 5.74) is 0.672. The highest BCUT2D eigenvalue weighted by molar-refractivity contribution is 6.31. The lowest BCUT2D eigenvalue weighted by molar-refractivity contribution is 0.0358. The first kappa shape index (κ1) is 24.2. The smallest absolute Gasteiger partial charge is 0.234 e. The number of benzene rings is 1. The van der Waals surface area contributed by atoms with Crippen LogP contribution in [0.2, 0.25) is 5.15 Å². The number of rotatable bonds is 10. The molecule has 1 N–H and O–H groups in total. The maximum atomic E-state index is 6.23. The van der Waals surface area contributed by atoms with Gasteiger partial charge in [0.1, 0.15) is 23.6 Å². The molecule has 1 saturated heterocycles. The van der Waals surface area contributed by atoms with E-state index in [9.17, 15) is 0 Å². The second-order valence-corrected chi connectivity index (χ2v) is 8.40. The monoisotopic (exact) mass is 488 g/mol. The van der Waals surface area contributed by atoms with Crippen molar-refractivity contribution >= 4 is 34.1 Å². The van der Waals surface area contributed by atoms with E-state index >= 15 is 0 Å². The molecule has 3 aromatic rings. The predicted octanol–water partition coefficient (Wildman–Crippen LogP) is 3.71. The molecule has 0 bridgehead atoms. The third-order valence-electron chi connectivity index (χ3n) is 5.18. The van der Waals surface area contributed by atoms with Gasteiger partial charge in [-0.05, 0) is 20.3 Å². The van der Waals surface area contributed by atoms with Crippen molar-refractivity contribution in [1.82, 2.24) is 24.8 Å². The van der Waals surface area contributed by atoms with Gasteiger partial charge in [0, 0.05) is 31.8 Å². The van der Waals surface area contributed by atoms with Crippen molar-refractivity contribution in [3.8, 4) is 17.4 Å². The average Bonchev–Trinajstić information content (AvgIpc) is 2.83. The lowest BCUT2D eigenvalue weighted by Crippen LogP contribution is -2.37. The van der Waals surface area contributed by atoms with E-state index in [1.165, 1.54) is 19.6 Å². The zero-order chi connectivity index (χ0) is 23.9. The first-order valence-corrected chi connectivity index (χ1v) is 11.6. The highest BCUT2D eigenvalue weighted by Crippen LogP contribution is 2.36. The Kier molecular flexibility index (Phi) is 8.15. The van der Waals surface area contributed by atoms with Gasteiger partial charge in [0.25, 0.3) is 0 Å². The maximum absolute atomic E-state index is 6.23. The minimum absolute atomic E-state index is 0.0620. The lowest BCUT2D eigenvalue weighted by Gasteiger charge is -2.26. The third-order valence-corrected chi connectivity index (χ3v) is 5.46. The Hall–Kier alpha value is -2.95. The van der Waals surface area contributed by atoms with E-state index in [1.54, 1.807) is 0 Å². The number of aromatic nitrogens is 4. The van der Waals surface area contributed by atoms with E-state index < -0.39 is 0 Å². The van der Waals surface area contributed by atoms with Crippen LogP contribution in [0, 0.1) is 0 Å². The topological polar surface area (TPSA) is 104 Å². The van der Waals surface area contributed by atoms with Crippen molar-refractivity contribution in [2.45, 2.75) is 26.4 Å². The molecule has 11 heteroatoms. The number of nitrogens with one attached hydrogen (secondary N) is 1. The van der Waals surface area contributed by atoms with Crippen LogP contribution in [0.1, 0.15) is 20.3 Å². The van der Waals surface area contributed by atoms with Gasteiger partial charge in [-0.2, -0.15) is 4.98 Å². The van der Waals surface area contributed by atoms with Crippen LogP contribution in [0.5, 0.6) is 17.4 Å². The first-order valence-electron chi connectivity index (χ1n) is 11.3. The van der Waals surface area contributed by atoms with Crippen LogP contribution in [-0.2, 0) is 4.74 Å². The van der Waals surface area contributed by atoms with Crippen molar-refractivity contribution in [3.63, 3.8) is 0 Å². The van der Waals surface area contributed by atoms with Gasteiger partial charge in [0.05, 0.1) is 50.1 Å². The molecule has 4 rings (SSSR count). The van der Waals surface area contributed by atoms with E-state index in [4.69, 9.17) is 30.5 Å². The van der Waals surface area contributed by atoms with Gasteiger partial charge in [-0.3, -0.25) is 4.90 Å². The fourth-order valence-electron chi connectivity index (χ4n) is 3.61. The minimum Gasteiger partial charge on any atom is -0.493 e. The first-order chi connectivity index (χ1) is 16.5. The number of halogens is 1. The van der Waals surface area contributed by atoms with Crippen molar-refractivity contribution < 1.29 is 18.9 Å². The Morgan fingerprint density at radius 1 is 1.15 bits per heavy atom. The number of hydrogen-bond acceptors (Lipinski definition) is 10. The average molecular weight is 489 g/mol. The summed E-state index contributed by atoms with van der Waals surface area (Å²) >= 11 is 6.23. The van der Waals surface area contributed by atoms with Crippen LogP contribution in [0.4, 0.5) is 11.6 Å². The van der Waals surface area contributed by atoms with Crippen LogP contribution < -0.4 is 19.5 Å². The van der Waals surface area contributed by atoms with Crippen molar-refractivity contribution in [2.75, 3.05) is 51.9 Å². The van der Waals surface area contributed by atoms with Crippen molar-refractivity contribution in [1.29, 1.82) is 0 Å². The van der Waals surface area contributed by atoms with E-state index in [0.717, 1.165) is 39.3 Å². The molecule has 34 heavy (non-hydrogen) atoms. The third kappa shape index (κ3) is 6.13. The molecule has 182 valence electrons. The summed E-state index contributed by atoms with van der Waals surface area (Å²) in [6.45, 7) is 9.02. The van der Waals surface area contributed by atoms with Gasteiger partial charge in [0.15, 0.2) is 11.0 Å². The molecule has 0 amide bonds. The minimum atomic E-state index is -0.0620. The largest absolute Gasteiger partial charge is 0.493 e. The van der Waals surface area contributed by atoms with Gasteiger partial charge < -0.3 is 24.3 Å². The van der Waals surface area contributed by atoms with Crippen LogP contribution in [0.3, 0.4) is 0 Å². The van der Waals surface area contributed by atoms with Crippen molar-refractivity contribution in [3.05, 3.63) is 29.8 Å². The van der Waals surface area contributed by atoms with Gasteiger partial charge in [-0.25, -0.2) is 15.0 Å². The highest BCUT2D eigenvalue weighted by Gasteiger charge is 2.17. The number of ether oxygens (including phenoxy) is 4. The Balaban J connectivity index is 1.56. The van der Waals surface area contributed by atoms with Crippen LogP contribution in [0.15, 0.2) is 24.7 Å². The Labute approximate surface area is 203 Å². The number of methoxy groups -OCH3 is 1. The summed E-state index contributed by atoms with van der Waals surface area (Å²) < 4.78 is 22.7. The number of morpholine rings is 1. The molecule has 0 atom stereocenters. The molecule has 1 aliphatic heterocycles. The van der Waals surface area contributed by atoms with Gasteiger partial charge in [0.2, 0.25) is 5.88 Å². The number of hydrogen-bond donors (Lipinski definition) is 1. The number of fused-ring (bicyclic) bond motifs is 1. The van der Waals surface area contributed by atoms with E-state index in [1.807, 2.05) is 26.0 Å². The summed E-state index contributed by atoms with van der Waals surface area (Å²) in [6, 6.07) is 3.74. The standard InChI is InChI=1S/C23H29ClN6O4/c1-15(2)34-18-12-16(33-8-4-5-30-6-9-32-10-7-30)11-17-20(18)22(27-14-26-17)29-23-21(24)25-13-19(28-23)31-3/h11-15H,4-10H2,1-3H3,(H,26,27,28,29). The normalized spacial score (nSPS) is 14.4. The van der Waals surface area contributed by atoms with Crippen LogP contribution >= 0.6 is 11.6 Å². The van der Waals surface area contributed by atoms with Gasteiger partial charge in [-0.15, -0.1) is 0 Å². The Bertz CT molecular complexity index is 1110. The summed E-state index contributed by atoms with van der Waals surface area (Å²) in [5.74, 6) is 2.43. The number of anilines is 2. The summed E-state index contributed by atoms with van der Waals surface area (Å²) in [4.78, 5) is 19.6. The van der Waals surface area contributed by atoms with Gasteiger partial charge >= 0.3 is 0 Å². The van der Waals surface area contributed by atoms with Crippen LogP contribution in [-0.4, -0.2) is 77.5 Å². The second kappa shape index (κ2) is 11.5. The van der Waals surface area contributed by atoms with E-state index in [-0.39, 0.29) is 11.3 Å². The Morgan fingerprint density at radius 2 is 1.97 bits per heavy atom. The molecule has 10 nitrogen and oxygen atoms in total. The van der Waals surface area contributed by atoms with Crippen molar-refractivity contribution in [2.24, 2.45) is 0 Å². The molecule has 0 spiro atoms. The molecular formula is C23H29ClN6O4. The SMILES string of the molecule is COc1cnc(Cl)c(Nc2ncnc3cc(OCCCN4CCOCC4)cc(OC(C)C)c23)n1. The maximum Gasteiger partial charge on any atom is 0.234 e. The lowest BCUT2D eigenvalue weighted by atomic mass is 10.2. The zero-order valence-electron chi connectivity index (χ0n) is 19.6. The molecule has 0 radical (unpaired) electrons. The quantitative estimate of drug-likeness (QED) is 0.424. The molecule has 3 heterocycles. The predicted molar refractivity (Wildman–Crippen MR) is 130 cm³/mol. The summed E-state index contributed by atoms with van der Waals surface area (Å²) in [5, 5.41) is 4.02. The molecule has 1 aromatic carbocycles.